The van der Waals surface area contributed by atoms with E-state index in [2.05, 4.69) is 29.1 Å². The Labute approximate surface area is 158 Å². The predicted octanol–water partition coefficient (Wildman–Crippen LogP) is 4.62. The highest BCUT2D eigenvalue weighted by Gasteiger charge is 2.11. The van der Waals surface area contributed by atoms with E-state index >= 15 is 0 Å². The average molecular weight is 366 g/mol. The van der Waals surface area contributed by atoms with E-state index in [4.69, 9.17) is 0 Å². The predicted molar refractivity (Wildman–Crippen MR) is 107 cm³/mol. The molecule has 0 saturated carbocycles. The van der Waals surface area contributed by atoms with Crippen molar-refractivity contribution in [2.75, 3.05) is 0 Å². The Bertz CT molecular complexity index is 926. The van der Waals surface area contributed by atoms with Crippen LogP contribution in [0.5, 0.6) is 0 Å². The molecule has 1 aromatic carbocycles. The number of aryl methyl sites for hydroxylation is 4. The zero-order chi connectivity index (χ0) is 18.7. The number of rotatable bonds is 5. The maximum atomic E-state index is 12.6. The van der Waals surface area contributed by atoms with Crippen molar-refractivity contribution in [3.63, 3.8) is 0 Å². The Morgan fingerprint density at radius 2 is 1.92 bits per heavy atom. The van der Waals surface area contributed by atoms with Gasteiger partial charge in [-0.05, 0) is 57.0 Å². The second-order valence-corrected chi connectivity index (χ2v) is 7.68. The Morgan fingerprint density at radius 1 is 1.12 bits per heavy atom. The molecule has 0 fully saturated rings. The maximum Gasteiger partial charge on any atom is 0.251 e. The molecule has 5 heteroatoms. The molecule has 0 bridgehead atoms. The molecule has 0 saturated heterocycles. The lowest BCUT2D eigenvalue weighted by Crippen LogP contribution is -2.22. The summed E-state index contributed by atoms with van der Waals surface area (Å²) in [5, 5.41) is 4.05. The van der Waals surface area contributed by atoms with E-state index in [1.54, 1.807) is 11.3 Å². The summed E-state index contributed by atoms with van der Waals surface area (Å²) in [5.41, 5.74) is 5.69. The molecule has 3 aromatic rings. The Morgan fingerprint density at radius 3 is 2.65 bits per heavy atom. The number of thiazole rings is 1. The van der Waals surface area contributed by atoms with E-state index in [1.165, 1.54) is 0 Å². The molecule has 1 N–H and O–H groups in total. The molecule has 2 aromatic heterocycles. The monoisotopic (exact) mass is 365 g/mol. The summed E-state index contributed by atoms with van der Waals surface area (Å²) < 4.78 is 0. The zero-order valence-electron chi connectivity index (χ0n) is 15.6. The highest BCUT2D eigenvalue weighted by molar-refractivity contribution is 7.11. The first-order valence-corrected chi connectivity index (χ1v) is 9.57. The first-order valence-electron chi connectivity index (χ1n) is 8.75. The Hall–Kier alpha value is -2.53. The van der Waals surface area contributed by atoms with Gasteiger partial charge in [0.1, 0.15) is 0 Å². The fourth-order valence-corrected chi connectivity index (χ4v) is 3.96. The molecule has 0 aliphatic rings. The SMILES string of the molecule is CCc1nc(C)sc1CNC(=O)c1cccc(-c2cc(C)cc(C)n2)c1. The minimum Gasteiger partial charge on any atom is -0.347 e. The zero-order valence-corrected chi connectivity index (χ0v) is 16.4. The number of nitrogens with zero attached hydrogens (tertiary/aromatic N) is 2. The van der Waals surface area contributed by atoms with Gasteiger partial charge in [-0.2, -0.15) is 0 Å². The first kappa shape index (κ1) is 18.3. The van der Waals surface area contributed by atoms with Crippen LogP contribution in [-0.2, 0) is 13.0 Å². The summed E-state index contributed by atoms with van der Waals surface area (Å²) in [6.45, 7) is 8.63. The average Bonchev–Trinajstić information content (AvgIpc) is 2.98. The van der Waals surface area contributed by atoms with Gasteiger partial charge >= 0.3 is 0 Å². The van der Waals surface area contributed by atoms with Crippen LogP contribution in [0.25, 0.3) is 11.3 Å². The maximum absolute atomic E-state index is 12.6. The highest BCUT2D eigenvalue weighted by atomic mass is 32.1. The Kier molecular flexibility index (Phi) is 5.47. The van der Waals surface area contributed by atoms with Crippen LogP contribution in [0.1, 0.15) is 44.1 Å². The summed E-state index contributed by atoms with van der Waals surface area (Å²) in [6, 6.07) is 11.7. The van der Waals surface area contributed by atoms with Gasteiger partial charge < -0.3 is 5.32 Å². The number of hydrogen-bond acceptors (Lipinski definition) is 4. The molecule has 1 amide bonds. The van der Waals surface area contributed by atoms with E-state index in [0.29, 0.717) is 12.1 Å². The topological polar surface area (TPSA) is 54.9 Å². The molecular weight excluding hydrogens is 342 g/mol. The second kappa shape index (κ2) is 7.79. The number of nitrogens with one attached hydrogen (secondary N) is 1. The number of aromatic nitrogens is 2. The number of amides is 1. The van der Waals surface area contributed by atoms with Crippen molar-refractivity contribution in [3.05, 3.63) is 68.8 Å². The second-order valence-electron chi connectivity index (χ2n) is 6.39. The van der Waals surface area contributed by atoms with Crippen LogP contribution in [0.15, 0.2) is 36.4 Å². The summed E-state index contributed by atoms with van der Waals surface area (Å²) >= 11 is 1.64. The van der Waals surface area contributed by atoms with Crippen LogP contribution in [0.4, 0.5) is 0 Å². The van der Waals surface area contributed by atoms with Gasteiger partial charge in [-0.15, -0.1) is 11.3 Å². The van der Waals surface area contributed by atoms with Crippen molar-refractivity contribution in [1.82, 2.24) is 15.3 Å². The fourth-order valence-electron chi connectivity index (χ4n) is 3.00. The van der Waals surface area contributed by atoms with Crippen LogP contribution >= 0.6 is 11.3 Å². The molecule has 0 aliphatic heterocycles. The summed E-state index contributed by atoms with van der Waals surface area (Å²) in [6.07, 6.45) is 0.878. The lowest BCUT2D eigenvalue weighted by molar-refractivity contribution is 0.0951. The van der Waals surface area contributed by atoms with Crippen LogP contribution in [0.2, 0.25) is 0 Å². The van der Waals surface area contributed by atoms with Gasteiger partial charge in [-0.25, -0.2) is 4.98 Å². The van der Waals surface area contributed by atoms with Gasteiger partial charge in [0.05, 0.1) is 22.9 Å². The van der Waals surface area contributed by atoms with Crippen LogP contribution in [-0.4, -0.2) is 15.9 Å². The lowest BCUT2D eigenvalue weighted by atomic mass is 10.1. The van der Waals surface area contributed by atoms with Gasteiger partial charge in [0.25, 0.3) is 5.91 Å². The fraction of sp³-hybridized carbons (Fsp3) is 0.286. The molecule has 0 radical (unpaired) electrons. The minimum absolute atomic E-state index is 0.0793. The van der Waals surface area contributed by atoms with Gasteiger partial charge in [-0.3, -0.25) is 9.78 Å². The molecule has 134 valence electrons. The molecule has 0 unspecified atom stereocenters. The first-order chi connectivity index (χ1) is 12.5. The number of benzene rings is 1. The van der Waals surface area contributed by atoms with Gasteiger partial charge in [-0.1, -0.05) is 19.1 Å². The van der Waals surface area contributed by atoms with Crippen molar-refractivity contribution in [2.24, 2.45) is 0 Å². The van der Waals surface area contributed by atoms with Gasteiger partial charge in [0.2, 0.25) is 0 Å². The molecule has 3 rings (SSSR count). The van der Waals surface area contributed by atoms with Crippen molar-refractivity contribution >= 4 is 17.2 Å². The van der Waals surface area contributed by atoms with Crippen molar-refractivity contribution < 1.29 is 4.79 Å². The van der Waals surface area contributed by atoms with E-state index < -0.39 is 0 Å². The summed E-state index contributed by atoms with van der Waals surface area (Å²) in [7, 11) is 0. The number of pyridine rings is 1. The van der Waals surface area contributed by atoms with Crippen LogP contribution in [0.3, 0.4) is 0 Å². The normalized spacial score (nSPS) is 10.8. The van der Waals surface area contributed by atoms with Crippen LogP contribution < -0.4 is 5.32 Å². The number of hydrogen-bond donors (Lipinski definition) is 1. The molecule has 0 spiro atoms. The molecule has 26 heavy (non-hydrogen) atoms. The third-order valence-corrected chi connectivity index (χ3v) is 5.16. The van der Waals surface area contributed by atoms with Gasteiger partial charge in [0.15, 0.2) is 0 Å². The standard InChI is InChI=1S/C21H23N3OS/c1-5-18-20(26-15(4)24-18)12-22-21(25)17-8-6-7-16(11-17)19-10-13(2)9-14(3)23-19/h6-11H,5,12H2,1-4H3,(H,22,25). The number of carbonyl (C=O) groups is 1. The quantitative estimate of drug-likeness (QED) is 0.717. The van der Waals surface area contributed by atoms with Crippen molar-refractivity contribution in [2.45, 2.75) is 40.7 Å². The number of carbonyl (C=O) groups excluding carboxylic acids is 1. The molecule has 2 heterocycles. The third kappa shape index (κ3) is 4.17. The summed E-state index contributed by atoms with van der Waals surface area (Å²) in [4.78, 5) is 22.8. The van der Waals surface area contributed by atoms with E-state index in [0.717, 1.165) is 44.5 Å². The molecule has 0 aliphatic carbocycles. The van der Waals surface area contributed by atoms with Crippen LogP contribution in [0, 0.1) is 20.8 Å². The van der Waals surface area contributed by atoms with Crippen molar-refractivity contribution in [3.8, 4) is 11.3 Å². The Balaban J connectivity index is 1.78. The van der Waals surface area contributed by atoms with Gasteiger partial charge in [0, 0.05) is 21.7 Å². The molecule has 4 nitrogen and oxygen atoms in total. The van der Waals surface area contributed by atoms with E-state index in [9.17, 15) is 4.79 Å². The molecule has 0 atom stereocenters. The van der Waals surface area contributed by atoms with E-state index in [1.807, 2.05) is 50.2 Å². The third-order valence-electron chi connectivity index (χ3n) is 4.15. The lowest BCUT2D eigenvalue weighted by Gasteiger charge is -2.08. The summed E-state index contributed by atoms with van der Waals surface area (Å²) in [5.74, 6) is -0.0793. The van der Waals surface area contributed by atoms with Crippen molar-refractivity contribution in [1.29, 1.82) is 0 Å². The smallest absolute Gasteiger partial charge is 0.251 e. The minimum atomic E-state index is -0.0793. The van der Waals surface area contributed by atoms with E-state index in [-0.39, 0.29) is 5.91 Å². The molecular formula is C21H23N3OS. The largest absolute Gasteiger partial charge is 0.347 e. The highest BCUT2D eigenvalue weighted by Crippen LogP contribution is 2.21.